The monoisotopic (exact) mass is 311 g/mol. The Morgan fingerprint density at radius 2 is 1.91 bits per heavy atom. The Balaban J connectivity index is 1.66. The molecular formula is C20H27N2O+. The quantitative estimate of drug-likeness (QED) is 0.906. The second-order valence-corrected chi connectivity index (χ2v) is 7.49. The minimum Gasteiger partial charge on any atom is -0.327 e. The van der Waals surface area contributed by atoms with Gasteiger partial charge in [0.2, 0.25) is 0 Å². The summed E-state index contributed by atoms with van der Waals surface area (Å²) in [4.78, 5) is 14.6. The van der Waals surface area contributed by atoms with Crippen LogP contribution < -0.4 is 4.90 Å². The molecule has 3 nitrogen and oxygen atoms in total. The smallest absolute Gasteiger partial charge is 0.286 e. The van der Waals surface area contributed by atoms with E-state index in [1.54, 1.807) is 0 Å². The Morgan fingerprint density at radius 1 is 1.17 bits per heavy atom. The van der Waals surface area contributed by atoms with Crippen LogP contribution in [0.15, 0.2) is 24.3 Å². The molecule has 1 fully saturated rings. The Hall–Kier alpha value is -1.61. The molecule has 1 aliphatic carbocycles. The molecule has 23 heavy (non-hydrogen) atoms. The van der Waals surface area contributed by atoms with E-state index in [1.165, 1.54) is 47.2 Å². The van der Waals surface area contributed by atoms with Crippen LogP contribution in [-0.4, -0.2) is 30.1 Å². The molecular weight excluding hydrogens is 284 g/mol. The zero-order valence-corrected chi connectivity index (χ0v) is 14.1. The molecule has 122 valence electrons. The fraction of sp³-hybridized carbons (Fsp3) is 0.550. The van der Waals surface area contributed by atoms with E-state index in [-0.39, 0.29) is 0 Å². The molecule has 1 saturated heterocycles. The van der Waals surface area contributed by atoms with Crippen molar-refractivity contribution >= 4 is 16.8 Å². The van der Waals surface area contributed by atoms with Gasteiger partial charge < -0.3 is 4.90 Å². The van der Waals surface area contributed by atoms with E-state index >= 15 is 0 Å². The predicted octanol–water partition coefficient (Wildman–Crippen LogP) is 2.48. The van der Waals surface area contributed by atoms with Gasteiger partial charge in [-0.1, -0.05) is 25.1 Å². The molecule has 2 aromatic rings. The van der Waals surface area contributed by atoms with Crippen molar-refractivity contribution in [3.63, 3.8) is 0 Å². The lowest BCUT2D eigenvalue weighted by Gasteiger charge is -2.27. The number of aromatic nitrogens is 1. The van der Waals surface area contributed by atoms with Gasteiger partial charge in [-0.25, -0.2) is 0 Å². The summed E-state index contributed by atoms with van der Waals surface area (Å²) in [5.41, 5.74) is 3.86. The van der Waals surface area contributed by atoms with E-state index in [4.69, 9.17) is 0 Å². The lowest BCUT2D eigenvalue weighted by molar-refractivity contribution is -0.897. The molecule has 1 aromatic carbocycles. The maximum Gasteiger partial charge on any atom is 0.286 e. The largest absolute Gasteiger partial charge is 0.327 e. The molecule has 0 unspecified atom stereocenters. The number of carbonyl (C=O) groups is 1. The van der Waals surface area contributed by atoms with Crippen LogP contribution in [0, 0.1) is 5.92 Å². The Bertz CT molecular complexity index is 723. The summed E-state index contributed by atoms with van der Waals surface area (Å²) in [5, 5.41) is 1.30. The van der Waals surface area contributed by atoms with Crippen LogP contribution in [0.5, 0.6) is 0 Å². The van der Waals surface area contributed by atoms with Crippen LogP contribution in [0.3, 0.4) is 0 Å². The average molecular weight is 311 g/mol. The molecule has 0 saturated carbocycles. The lowest BCUT2D eigenvalue weighted by Crippen LogP contribution is -3.14. The van der Waals surface area contributed by atoms with E-state index in [0.717, 1.165) is 37.4 Å². The van der Waals surface area contributed by atoms with E-state index in [1.807, 2.05) is 0 Å². The van der Waals surface area contributed by atoms with Gasteiger partial charge in [0.15, 0.2) is 6.54 Å². The number of benzene rings is 1. The standard InChI is InChI=1S/C20H26N2O/c1-15-10-12-21(13-11-15)14-20(23)22-18-8-4-2-6-16(18)17-7-3-5-9-19(17)22/h2,4,6,8,15H,3,5,7,9-14H2,1H3/p+1. The molecule has 0 spiro atoms. The topological polar surface area (TPSA) is 26.4 Å². The molecule has 2 heterocycles. The number of rotatable bonds is 2. The summed E-state index contributed by atoms with van der Waals surface area (Å²) < 4.78 is 2.06. The number of hydrogen-bond donors (Lipinski definition) is 1. The Kier molecular flexibility index (Phi) is 3.98. The van der Waals surface area contributed by atoms with E-state index < -0.39 is 0 Å². The van der Waals surface area contributed by atoms with Crippen LogP contribution >= 0.6 is 0 Å². The highest BCUT2D eigenvalue weighted by Crippen LogP contribution is 2.31. The van der Waals surface area contributed by atoms with Crippen molar-refractivity contribution in [2.24, 2.45) is 5.92 Å². The van der Waals surface area contributed by atoms with Crippen LogP contribution in [-0.2, 0) is 12.8 Å². The van der Waals surface area contributed by atoms with Gasteiger partial charge in [-0.05, 0) is 56.1 Å². The number of carbonyl (C=O) groups excluding carboxylic acids is 1. The third-order valence-corrected chi connectivity index (χ3v) is 5.81. The van der Waals surface area contributed by atoms with Crippen LogP contribution in [0.4, 0.5) is 0 Å². The first-order valence-corrected chi connectivity index (χ1v) is 9.22. The van der Waals surface area contributed by atoms with Crippen molar-refractivity contribution in [3.05, 3.63) is 35.5 Å². The normalized spacial score (nSPS) is 24.6. The molecule has 2 aliphatic rings. The third-order valence-electron chi connectivity index (χ3n) is 5.81. The van der Waals surface area contributed by atoms with Gasteiger partial charge in [0.25, 0.3) is 5.91 Å². The van der Waals surface area contributed by atoms with Gasteiger partial charge in [0.1, 0.15) is 0 Å². The molecule has 0 amide bonds. The second-order valence-electron chi connectivity index (χ2n) is 7.49. The molecule has 0 radical (unpaired) electrons. The first kappa shape index (κ1) is 14.9. The third kappa shape index (κ3) is 2.72. The van der Waals surface area contributed by atoms with Crippen LogP contribution in [0.2, 0.25) is 0 Å². The average Bonchev–Trinajstić information content (AvgIpc) is 2.91. The molecule has 3 heteroatoms. The number of aryl methyl sites for hydroxylation is 1. The minimum absolute atomic E-state index is 0.300. The lowest BCUT2D eigenvalue weighted by atomic mass is 9.95. The number of likely N-dealkylation sites (tertiary alicyclic amines) is 1. The summed E-state index contributed by atoms with van der Waals surface area (Å²) in [6.45, 7) is 5.27. The summed E-state index contributed by atoms with van der Waals surface area (Å²) in [5.74, 6) is 1.13. The molecule has 1 N–H and O–H groups in total. The number of nitrogens with one attached hydrogen (secondary N) is 1. The van der Waals surface area contributed by atoms with Crippen molar-refractivity contribution in [2.45, 2.75) is 45.4 Å². The zero-order valence-electron chi connectivity index (χ0n) is 14.1. The Morgan fingerprint density at radius 3 is 2.74 bits per heavy atom. The number of nitrogens with zero attached hydrogens (tertiary/aromatic N) is 1. The SMILES string of the molecule is CC1CC[NH+](CC(=O)n2c3c(c4ccccc42)CCCC3)CC1. The second kappa shape index (κ2) is 6.12. The Labute approximate surface area is 138 Å². The first-order valence-electron chi connectivity index (χ1n) is 9.22. The van der Waals surface area contributed by atoms with Crippen LogP contribution in [0.25, 0.3) is 10.9 Å². The van der Waals surface area contributed by atoms with Crippen molar-refractivity contribution in [1.82, 2.24) is 4.57 Å². The minimum atomic E-state index is 0.300. The maximum atomic E-state index is 13.1. The maximum absolute atomic E-state index is 13.1. The molecule has 4 rings (SSSR count). The van der Waals surface area contributed by atoms with Gasteiger partial charge in [0.05, 0.1) is 18.6 Å². The van der Waals surface area contributed by atoms with E-state index in [2.05, 4.69) is 35.8 Å². The molecule has 0 bridgehead atoms. The number of hydrogen-bond acceptors (Lipinski definition) is 1. The summed E-state index contributed by atoms with van der Waals surface area (Å²) in [7, 11) is 0. The molecule has 1 aliphatic heterocycles. The highest BCUT2D eigenvalue weighted by atomic mass is 16.2. The highest BCUT2D eigenvalue weighted by Gasteiger charge is 2.27. The van der Waals surface area contributed by atoms with Gasteiger partial charge in [0, 0.05) is 11.1 Å². The fourth-order valence-electron chi connectivity index (χ4n) is 4.42. The van der Waals surface area contributed by atoms with Gasteiger partial charge >= 0.3 is 0 Å². The first-order chi connectivity index (χ1) is 11.2. The highest BCUT2D eigenvalue weighted by molar-refractivity contribution is 5.96. The number of quaternary nitrogens is 1. The van der Waals surface area contributed by atoms with Crippen molar-refractivity contribution in [1.29, 1.82) is 0 Å². The zero-order chi connectivity index (χ0) is 15.8. The summed E-state index contributed by atoms with van der Waals surface area (Å²) in [6, 6.07) is 8.48. The molecule has 1 aromatic heterocycles. The number of para-hydroxylation sites is 1. The molecule has 0 atom stereocenters. The van der Waals surface area contributed by atoms with Gasteiger partial charge in [-0.3, -0.25) is 9.36 Å². The van der Waals surface area contributed by atoms with E-state index in [9.17, 15) is 4.79 Å². The number of fused-ring (bicyclic) bond motifs is 3. The van der Waals surface area contributed by atoms with Gasteiger partial charge in [-0.2, -0.15) is 0 Å². The summed E-state index contributed by atoms with van der Waals surface area (Å²) in [6.07, 6.45) is 7.17. The number of piperidine rings is 1. The fourth-order valence-corrected chi connectivity index (χ4v) is 4.42. The van der Waals surface area contributed by atoms with Crippen molar-refractivity contribution < 1.29 is 9.69 Å². The summed E-state index contributed by atoms with van der Waals surface area (Å²) >= 11 is 0. The van der Waals surface area contributed by atoms with E-state index in [0.29, 0.717) is 12.5 Å². The van der Waals surface area contributed by atoms with Gasteiger partial charge in [-0.15, -0.1) is 0 Å². The predicted molar refractivity (Wildman–Crippen MR) is 93.2 cm³/mol. The van der Waals surface area contributed by atoms with Crippen LogP contribution in [0.1, 0.15) is 48.7 Å². The van der Waals surface area contributed by atoms with Crippen molar-refractivity contribution in [2.75, 3.05) is 19.6 Å². The van der Waals surface area contributed by atoms with Crippen molar-refractivity contribution in [3.8, 4) is 0 Å².